The molecule has 0 saturated carbocycles. The number of carbonyl (C=O) groups excluding carboxylic acids is 2. The van der Waals surface area contributed by atoms with E-state index in [1.54, 1.807) is 7.11 Å². The lowest BCUT2D eigenvalue weighted by Crippen LogP contribution is -2.32. The van der Waals surface area contributed by atoms with Gasteiger partial charge in [0.2, 0.25) is 0 Å². The molecule has 2 aromatic heterocycles. The third-order valence-corrected chi connectivity index (χ3v) is 5.11. The van der Waals surface area contributed by atoms with Crippen molar-refractivity contribution in [2.45, 2.75) is 5.92 Å². The largest absolute Gasteiger partial charge is 0.497 e. The van der Waals surface area contributed by atoms with Crippen LogP contribution in [0.4, 0.5) is 0 Å². The lowest BCUT2D eigenvalue weighted by atomic mass is 9.91. The molecule has 0 radical (unpaired) electrons. The zero-order chi connectivity index (χ0) is 21.6. The van der Waals surface area contributed by atoms with Crippen molar-refractivity contribution >= 4 is 22.8 Å². The summed E-state index contributed by atoms with van der Waals surface area (Å²) in [6.07, 6.45) is 4.61. The van der Waals surface area contributed by atoms with Gasteiger partial charge in [-0.1, -0.05) is 30.3 Å². The molecule has 0 aliphatic heterocycles. The van der Waals surface area contributed by atoms with E-state index in [0.717, 1.165) is 27.8 Å². The fourth-order valence-corrected chi connectivity index (χ4v) is 3.49. The van der Waals surface area contributed by atoms with Crippen molar-refractivity contribution in [2.75, 3.05) is 20.3 Å². The number of ether oxygens (including phenoxy) is 2. The number of aromatic nitrogens is 1. The maximum atomic E-state index is 12.3. The number of nitrogens with one attached hydrogen (secondary N) is 2. The highest BCUT2D eigenvalue weighted by Gasteiger charge is 2.20. The van der Waals surface area contributed by atoms with Gasteiger partial charge in [-0.05, 0) is 35.4 Å². The van der Waals surface area contributed by atoms with Crippen LogP contribution in [0.2, 0.25) is 0 Å². The van der Waals surface area contributed by atoms with E-state index in [2.05, 4.69) is 10.3 Å². The van der Waals surface area contributed by atoms with E-state index in [-0.39, 0.29) is 24.0 Å². The highest BCUT2D eigenvalue weighted by atomic mass is 16.5. The first kappa shape index (κ1) is 20.3. The van der Waals surface area contributed by atoms with E-state index >= 15 is 0 Å². The number of furan rings is 1. The molecule has 0 spiro atoms. The van der Waals surface area contributed by atoms with Crippen LogP contribution in [0.3, 0.4) is 0 Å². The maximum absolute atomic E-state index is 12.3. The van der Waals surface area contributed by atoms with E-state index in [4.69, 9.17) is 13.9 Å². The summed E-state index contributed by atoms with van der Waals surface area (Å²) in [5.41, 5.74) is 3.39. The van der Waals surface area contributed by atoms with Crippen molar-refractivity contribution in [1.29, 1.82) is 0 Å². The Morgan fingerprint density at radius 1 is 1.10 bits per heavy atom. The van der Waals surface area contributed by atoms with Gasteiger partial charge in [-0.3, -0.25) is 4.79 Å². The van der Waals surface area contributed by atoms with Crippen LogP contribution in [0.1, 0.15) is 27.4 Å². The van der Waals surface area contributed by atoms with Crippen molar-refractivity contribution < 1.29 is 23.5 Å². The molecule has 0 aliphatic rings. The minimum absolute atomic E-state index is 0.101. The molecule has 2 aromatic carbocycles. The first-order valence-corrected chi connectivity index (χ1v) is 9.81. The van der Waals surface area contributed by atoms with E-state index in [1.165, 1.54) is 18.6 Å². The van der Waals surface area contributed by atoms with Gasteiger partial charge in [0, 0.05) is 29.6 Å². The molecular weight excluding hydrogens is 396 g/mol. The molecule has 7 heteroatoms. The third kappa shape index (κ3) is 4.61. The Morgan fingerprint density at radius 3 is 2.65 bits per heavy atom. The molecule has 0 bridgehead atoms. The molecule has 4 rings (SSSR count). The molecule has 4 aromatic rings. The molecule has 0 unspecified atom stereocenters. The number of benzene rings is 2. The van der Waals surface area contributed by atoms with Crippen molar-refractivity contribution in [1.82, 2.24) is 10.3 Å². The minimum Gasteiger partial charge on any atom is -0.497 e. The van der Waals surface area contributed by atoms with Crippen LogP contribution >= 0.6 is 0 Å². The quantitative estimate of drug-likeness (QED) is 0.424. The standard InChI is InChI=1S/C24H22N2O5/c1-29-18-8-6-16(7-9-18)20(21-13-25-22-5-3-2-4-19(21)22)12-26-23(27)15-31-24(28)17-10-11-30-14-17/h2-11,13-14,20,25H,12,15H2,1H3,(H,26,27)/t20-/m0/s1. The minimum atomic E-state index is -0.604. The Labute approximate surface area is 179 Å². The molecule has 0 aliphatic carbocycles. The van der Waals surface area contributed by atoms with Gasteiger partial charge >= 0.3 is 5.97 Å². The van der Waals surface area contributed by atoms with Crippen molar-refractivity contribution in [3.63, 3.8) is 0 Å². The number of methoxy groups -OCH3 is 1. The highest BCUT2D eigenvalue weighted by Crippen LogP contribution is 2.31. The number of hydrogen-bond acceptors (Lipinski definition) is 5. The number of para-hydroxylation sites is 1. The van der Waals surface area contributed by atoms with Crippen LogP contribution in [0.15, 0.2) is 77.7 Å². The number of rotatable bonds is 8. The highest BCUT2D eigenvalue weighted by molar-refractivity contribution is 5.91. The molecule has 2 N–H and O–H groups in total. The van der Waals surface area contributed by atoms with Crippen molar-refractivity contribution in [2.24, 2.45) is 0 Å². The summed E-state index contributed by atoms with van der Waals surface area (Å²) in [4.78, 5) is 27.5. The maximum Gasteiger partial charge on any atom is 0.341 e. The average Bonchev–Trinajstić information content (AvgIpc) is 3.49. The van der Waals surface area contributed by atoms with E-state index < -0.39 is 5.97 Å². The fraction of sp³-hybridized carbons (Fsp3) is 0.167. The average molecular weight is 418 g/mol. The smallest absolute Gasteiger partial charge is 0.341 e. The van der Waals surface area contributed by atoms with Gasteiger partial charge in [0.05, 0.1) is 18.9 Å². The molecule has 2 heterocycles. The fourth-order valence-electron chi connectivity index (χ4n) is 3.49. The van der Waals surface area contributed by atoms with Crippen LogP contribution in [0, 0.1) is 0 Å². The first-order chi connectivity index (χ1) is 15.2. The van der Waals surface area contributed by atoms with Gasteiger partial charge < -0.3 is 24.2 Å². The Kier molecular flexibility index (Phi) is 6.03. The Bertz CT molecular complexity index is 1160. The first-order valence-electron chi connectivity index (χ1n) is 9.81. The summed E-state index contributed by atoms with van der Waals surface area (Å²) in [5.74, 6) is -0.324. The van der Waals surface area contributed by atoms with Gasteiger partial charge in [0.15, 0.2) is 6.61 Å². The van der Waals surface area contributed by atoms with Crippen LogP contribution in [0.5, 0.6) is 5.75 Å². The predicted molar refractivity (Wildman–Crippen MR) is 115 cm³/mol. The topological polar surface area (TPSA) is 93.6 Å². The summed E-state index contributed by atoms with van der Waals surface area (Å²) in [7, 11) is 1.62. The number of hydrogen-bond donors (Lipinski definition) is 2. The third-order valence-electron chi connectivity index (χ3n) is 5.11. The second-order valence-electron chi connectivity index (χ2n) is 7.01. The van der Waals surface area contributed by atoms with E-state index in [1.807, 2.05) is 54.7 Å². The number of aromatic amines is 1. The van der Waals surface area contributed by atoms with Gasteiger partial charge in [0.25, 0.3) is 5.91 Å². The molecule has 158 valence electrons. The van der Waals surface area contributed by atoms with Gasteiger partial charge in [-0.2, -0.15) is 0 Å². The number of carbonyl (C=O) groups is 2. The van der Waals surface area contributed by atoms with Crippen molar-refractivity contribution in [3.05, 3.63) is 90.0 Å². The van der Waals surface area contributed by atoms with Gasteiger partial charge in [0.1, 0.15) is 12.0 Å². The second-order valence-corrected chi connectivity index (χ2v) is 7.01. The molecule has 31 heavy (non-hydrogen) atoms. The second kappa shape index (κ2) is 9.21. The monoisotopic (exact) mass is 418 g/mol. The lowest BCUT2D eigenvalue weighted by Gasteiger charge is -2.18. The SMILES string of the molecule is COc1ccc([C@H](CNC(=O)COC(=O)c2ccoc2)c2c[nH]c3ccccc23)cc1. The van der Waals surface area contributed by atoms with E-state index in [0.29, 0.717) is 6.54 Å². The predicted octanol–water partition coefficient (Wildman–Crippen LogP) is 3.87. The molecule has 7 nitrogen and oxygen atoms in total. The van der Waals surface area contributed by atoms with Crippen LogP contribution in [-0.2, 0) is 9.53 Å². The summed E-state index contributed by atoms with van der Waals surface area (Å²) >= 11 is 0. The van der Waals surface area contributed by atoms with Crippen LogP contribution < -0.4 is 10.1 Å². The summed E-state index contributed by atoms with van der Waals surface area (Å²) in [6.45, 7) is -0.0243. The zero-order valence-electron chi connectivity index (χ0n) is 17.0. The Morgan fingerprint density at radius 2 is 1.90 bits per heavy atom. The lowest BCUT2D eigenvalue weighted by molar-refractivity contribution is -0.124. The Hall–Kier alpha value is -4.00. The zero-order valence-corrected chi connectivity index (χ0v) is 17.0. The molecule has 1 amide bonds. The molecule has 1 atom stereocenters. The molecule has 0 saturated heterocycles. The van der Waals surface area contributed by atoms with Crippen molar-refractivity contribution in [3.8, 4) is 5.75 Å². The number of fused-ring (bicyclic) bond motifs is 1. The number of amides is 1. The van der Waals surface area contributed by atoms with E-state index in [9.17, 15) is 9.59 Å². The van der Waals surface area contributed by atoms with Crippen LogP contribution in [0.25, 0.3) is 10.9 Å². The van der Waals surface area contributed by atoms with Crippen LogP contribution in [-0.4, -0.2) is 37.1 Å². The molecule has 0 fully saturated rings. The van der Waals surface area contributed by atoms with Gasteiger partial charge in [-0.25, -0.2) is 4.79 Å². The number of H-pyrrole nitrogens is 1. The summed E-state index contributed by atoms with van der Waals surface area (Å²) in [5, 5.41) is 3.97. The summed E-state index contributed by atoms with van der Waals surface area (Å²) in [6, 6.07) is 17.3. The molecular formula is C24H22N2O5. The summed E-state index contributed by atoms with van der Waals surface area (Å²) < 4.78 is 15.2. The van der Waals surface area contributed by atoms with Gasteiger partial charge in [-0.15, -0.1) is 0 Å². The normalized spacial score (nSPS) is 11.8. The Balaban J connectivity index is 1.49. The number of esters is 1.